The number of para-hydroxylation sites is 1. The van der Waals surface area contributed by atoms with Crippen LogP contribution in [0.1, 0.15) is 61.6 Å². The molecule has 0 N–H and O–H groups in total. The third kappa shape index (κ3) is 6.51. The van der Waals surface area contributed by atoms with Gasteiger partial charge in [-0.15, -0.1) is 13.2 Å². The van der Waals surface area contributed by atoms with Gasteiger partial charge in [0.05, 0.1) is 36.7 Å². The maximum Gasteiger partial charge on any atom is 0.355 e. The number of aryl methyl sites for hydroxylation is 3. The highest BCUT2D eigenvalue weighted by atomic mass is 28.4. The highest BCUT2D eigenvalue weighted by Crippen LogP contribution is 2.39. The van der Waals surface area contributed by atoms with Gasteiger partial charge in [0, 0.05) is 36.7 Å². The first-order chi connectivity index (χ1) is 18.9. The van der Waals surface area contributed by atoms with Gasteiger partial charge in [-0.1, -0.05) is 51.1 Å². The van der Waals surface area contributed by atoms with Crippen molar-refractivity contribution in [2.45, 2.75) is 78.7 Å². The highest BCUT2D eigenvalue weighted by molar-refractivity contribution is 6.74. The first kappa shape index (κ1) is 31.6. The average Bonchev–Trinajstić information content (AvgIpc) is 3.34. The molecule has 0 aliphatic rings. The van der Waals surface area contributed by atoms with Crippen LogP contribution in [0.5, 0.6) is 0 Å². The van der Waals surface area contributed by atoms with Gasteiger partial charge in [0.25, 0.3) is 0 Å². The van der Waals surface area contributed by atoms with Gasteiger partial charge < -0.3 is 18.5 Å². The van der Waals surface area contributed by atoms with Crippen molar-refractivity contribution in [1.29, 1.82) is 0 Å². The molecule has 40 heavy (non-hydrogen) atoms. The third-order valence-electron chi connectivity index (χ3n) is 7.89. The molecule has 0 fully saturated rings. The first-order valence-corrected chi connectivity index (χ1v) is 17.1. The summed E-state index contributed by atoms with van der Waals surface area (Å²) in [7, 11) is 0.0673. The van der Waals surface area contributed by atoms with E-state index in [4.69, 9.17) is 19.0 Å². The molecule has 1 aromatic carbocycles. The summed E-state index contributed by atoms with van der Waals surface area (Å²) in [5, 5.41) is 5.91. The fourth-order valence-corrected chi connectivity index (χ4v) is 6.02. The Balaban J connectivity index is 2.18. The summed E-state index contributed by atoms with van der Waals surface area (Å²) < 4.78 is 21.8. The van der Waals surface area contributed by atoms with Crippen molar-refractivity contribution in [1.82, 2.24) is 14.3 Å². The molecule has 8 heteroatoms. The minimum absolute atomic E-state index is 0.145. The monoisotopic (exact) mass is 565 g/mol. The molecule has 218 valence electrons. The van der Waals surface area contributed by atoms with Gasteiger partial charge in [-0.25, -0.2) is 4.79 Å². The molecule has 0 bridgehead atoms. The summed E-state index contributed by atoms with van der Waals surface area (Å²) >= 11 is 0. The predicted molar refractivity (Wildman–Crippen MR) is 166 cm³/mol. The standard InChI is InChI=1S/C32H47N3O4Si/c1-11-19-35-29-24(16-14-17-26(29)28-23(4)33-34(8)27(28)22-37-20-12-2)25(30(35)31(36)38-13-3)18-15-21-39-40(9,10)32(5,6)7/h11-12,14,16-17H,1-2,13,15,18-22H2,3-10H3. The van der Waals surface area contributed by atoms with E-state index in [-0.39, 0.29) is 11.0 Å². The van der Waals surface area contributed by atoms with Crippen LogP contribution in [0.2, 0.25) is 18.1 Å². The molecule has 0 saturated heterocycles. The van der Waals surface area contributed by atoms with Crippen LogP contribution in [0.15, 0.2) is 43.5 Å². The van der Waals surface area contributed by atoms with Crippen LogP contribution in [-0.2, 0) is 40.5 Å². The molecule has 0 aliphatic carbocycles. The number of nitrogens with zero attached hydrogens (tertiary/aromatic N) is 3. The van der Waals surface area contributed by atoms with Gasteiger partial charge >= 0.3 is 5.97 Å². The van der Waals surface area contributed by atoms with Gasteiger partial charge in [0.1, 0.15) is 5.69 Å². The van der Waals surface area contributed by atoms with Crippen LogP contribution < -0.4 is 0 Å². The molecule has 0 unspecified atom stereocenters. The maximum atomic E-state index is 13.5. The zero-order valence-corrected chi connectivity index (χ0v) is 26.7. The van der Waals surface area contributed by atoms with E-state index in [0.717, 1.165) is 45.4 Å². The summed E-state index contributed by atoms with van der Waals surface area (Å²) in [6.07, 6.45) is 5.08. The van der Waals surface area contributed by atoms with Crippen molar-refractivity contribution in [3.05, 3.63) is 66.2 Å². The van der Waals surface area contributed by atoms with E-state index in [2.05, 4.69) is 69.8 Å². The highest BCUT2D eigenvalue weighted by Gasteiger charge is 2.37. The Labute approximate surface area is 240 Å². The lowest BCUT2D eigenvalue weighted by molar-refractivity contribution is 0.0513. The molecule has 0 amide bonds. The summed E-state index contributed by atoms with van der Waals surface area (Å²) in [5.41, 5.74) is 6.46. The Morgan fingerprint density at radius 1 is 1.18 bits per heavy atom. The van der Waals surface area contributed by atoms with Gasteiger partial charge in [-0.2, -0.15) is 5.10 Å². The second kappa shape index (κ2) is 13.1. The van der Waals surface area contributed by atoms with E-state index in [1.54, 1.807) is 6.08 Å². The van der Waals surface area contributed by atoms with Crippen LogP contribution >= 0.6 is 0 Å². The maximum absolute atomic E-state index is 13.5. The largest absolute Gasteiger partial charge is 0.461 e. The van der Waals surface area contributed by atoms with Crippen molar-refractivity contribution >= 4 is 25.2 Å². The molecule has 7 nitrogen and oxygen atoms in total. The van der Waals surface area contributed by atoms with Crippen LogP contribution in [0.4, 0.5) is 0 Å². The van der Waals surface area contributed by atoms with Crippen molar-refractivity contribution in [3.63, 3.8) is 0 Å². The molecule has 0 radical (unpaired) electrons. The predicted octanol–water partition coefficient (Wildman–Crippen LogP) is 7.37. The molecule has 2 heterocycles. The normalized spacial score (nSPS) is 12.2. The fourth-order valence-electron chi connectivity index (χ4n) is 4.93. The van der Waals surface area contributed by atoms with Crippen LogP contribution in [0, 0.1) is 6.92 Å². The Morgan fingerprint density at radius 2 is 1.90 bits per heavy atom. The van der Waals surface area contributed by atoms with E-state index < -0.39 is 8.32 Å². The van der Waals surface area contributed by atoms with E-state index >= 15 is 0 Å². The fraction of sp³-hybridized carbons (Fsp3) is 0.500. The van der Waals surface area contributed by atoms with Gasteiger partial charge in [-0.3, -0.25) is 4.68 Å². The number of benzene rings is 1. The lowest BCUT2D eigenvalue weighted by atomic mass is 9.98. The summed E-state index contributed by atoms with van der Waals surface area (Å²) in [5.74, 6) is -0.315. The Kier molecular flexibility index (Phi) is 10.4. The molecule has 0 aliphatic heterocycles. The van der Waals surface area contributed by atoms with E-state index in [1.807, 2.05) is 31.7 Å². The van der Waals surface area contributed by atoms with Crippen LogP contribution in [0.25, 0.3) is 22.0 Å². The number of allylic oxidation sites excluding steroid dienone is 1. The molecular weight excluding hydrogens is 518 g/mol. The molecule has 3 aromatic rings. The second-order valence-electron chi connectivity index (χ2n) is 11.7. The lowest BCUT2D eigenvalue weighted by Crippen LogP contribution is -2.41. The van der Waals surface area contributed by atoms with Crippen LogP contribution in [0.3, 0.4) is 0 Å². The van der Waals surface area contributed by atoms with Gasteiger partial charge in [-0.05, 0) is 50.4 Å². The Bertz CT molecular complexity index is 1360. The minimum atomic E-state index is -1.87. The molecule has 0 spiro atoms. The second-order valence-corrected chi connectivity index (χ2v) is 16.5. The number of carbonyl (C=O) groups excluding carboxylic acids is 1. The SMILES string of the molecule is C=CCOCc1c(-c2cccc3c(CCCO[Si](C)(C)C(C)(C)C)c(C(=O)OCC)n(CC=C)c23)c(C)nn1C. The van der Waals surface area contributed by atoms with Crippen molar-refractivity contribution in [2.75, 3.05) is 19.8 Å². The number of fused-ring (bicyclic) bond motifs is 1. The number of ether oxygens (including phenoxy) is 2. The van der Waals surface area contributed by atoms with Crippen molar-refractivity contribution < 1.29 is 18.7 Å². The number of aromatic nitrogens is 3. The Hall–Kier alpha value is -2.94. The number of hydrogen-bond acceptors (Lipinski definition) is 5. The molecular formula is C32H47N3O4Si. The van der Waals surface area contributed by atoms with Gasteiger partial charge in [0.15, 0.2) is 8.32 Å². The van der Waals surface area contributed by atoms with E-state index in [0.29, 0.717) is 45.1 Å². The average molecular weight is 566 g/mol. The Morgan fingerprint density at radius 3 is 2.52 bits per heavy atom. The van der Waals surface area contributed by atoms with Crippen molar-refractivity contribution in [2.24, 2.45) is 7.05 Å². The number of esters is 1. The summed E-state index contributed by atoms with van der Waals surface area (Å²) in [6.45, 7) is 25.2. The number of hydrogen-bond donors (Lipinski definition) is 0. The lowest BCUT2D eigenvalue weighted by Gasteiger charge is -2.36. The number of rotatable bonds is 14. The zero-order valence-electron chi connectivity index (χ0n) is 25.7. The molecule has 0 saturated carbocycles. The quantitative estimate of drug-likeness (QED) is 0.0883. The van der Waals surface area contributed by atoms with E-state index in [1.165, 1.54) is 0 Å². The first-order valence-electron chi connectivity index (χ1n) is 14.2. The minimum Gasteiger partial charge on any atom is -0.461 e. The van der Waals surface area contributed by atoms with Crippen LogP contribution in [-0.4, -0.2) is 48.5 Å². The zero-order chi connectivity index (χ0) is 29.7. The summed E-state index contributed by atoms with van der Waals surface area (Å²) in [4.78, 5) is 13.5. The van der Waals surface area contributed by atoms with Gasteiger partial charge in [0.2, 0.25) is 0 Å². The third-order valence-corrected chi connectivity index (χ3v) is 12.4. The smallest absolute Gasteiger partial charge is 0.355 e. The topological polar surface area (TPSA) is 67.5 Å². The molecule has 2 aromatic heterocycles. The van der Waals surface area contributed by atoms with E-state index in [9.17, 15) is 4.79 Å². The van der Waals surface area contributed by atoms with Crippen molar-refractivity contribution in [3.8, 4) is 11.1 Å². The summed E-state index contributed by atoms with van der Waals surface area (Å²) in [6, 6.07) is 6.26. The number of carbonyl (C=O) groups is 1. The molecule has 0 atom stereocenters. The molecule has 3 rings (SSSR count).